The summed E-state index contributed by atoms with van der Waals surface area (Å²) in [5.74, 6) is -0.534. The number of para-hydroxylation sites is 1. The van der Waals surface area contributed by atoms with Crippen LogP contribution >= 0.6 is 24.2 Å². The van der Waals surface area contributed by atoms with Gasteiger partial charge in [-0.25, -0.2) is 9.18 Å². The largest absolute Gasteiger partial charge is 0.323 e. The number of urea groups is 1. The number of nitrogens with one attached hydrogen (secondary N) is 2. The second-order valence-corrected chi connectivity index (χ2v) is 4.61. The Labute approximate surface area is 120 Å². The maximum absolute atomic E-state index is 13.0. The number of hydrogen-bond acceptors (Lipinski definition) is 2. The molecule has 0 aliphatic rings. The number of anilines is 2. The van der Waals surface area contributed by atoms with Gasteiger partial charge in [0.05, 0.1) is 10.7 Å². The zero-order chi connectivity index (χ0) is 13.8. The summed E-state index contributed by atoms with van der Waals surface area (Å²) in [6, 6.07) is 10.6. The molecule has 19 heavy (non-hydrogen) atoms. The van der Waals surface area contributed by atoms with Crippen molar-refractivity contribution in [3.05, 3.63) is 53.3 Å². The molecular weight excluding hydrogens is 287 g/mol. The summed E-state index contributed by atoms with van der Waals surface area (Å²) in [7, 11) is 0. The highest BCUT2D eigenvalue weighted by Crippen LogP contribution is 2.21. The number of thiol groups is 1. The van der Waals surface area contributed by atoms with E-state index in [-0.39, 0.29) is 5.02 Å². The van der Waals surface area contributed by atoms with E-state index in [0.29, 0.717) is 16.3 Å². The summed E-state index contributed by atoms with van der Waals surface area (Å²) < 4.78 is 13.0. The summed E-state index contributed by atoms with van der Waals surface area (Å²) >= 11 is 9.84. The Hall–Kier alpha value is -1.72. The van der Waals surface area contributed by atoms with Crippen LogP contribution < -0.4 is 10.6 Å². The van der Waals surface area contributed by atoms with Crippen LogP contribution in [0.15, 0.2) is 47.4 Å². The first kappa shape index (κ1) is 13.7. The van der Waals surface area contributed by atoms with Crippen LogP contribution in [0.5, 0.6) is 0 Å². The van der Waals surface area contributed by atoms with Gasteiger partial charge in [0.25, 0.3) is 0 Å². The van der Waals surface area contributed by atoms with Crippen LogP contribution in [0.25, 0.3) is 0 Å². The van der Waals surface area contributed by atoms with Gasteiger partial charge in [0.2, 0.25) is 0 Å². The second kappa shape index (κ2) is 5.95. The molecule has 0 aliphatic heterocycles. The van der Waals surface area contributed by atoms with E-state index >= 15 is 0 Å². The maximum Gasteiger partial charge on any atom is 0.323 e. The standard InChI is InChI=1S/C13H10ClFN2OS/c14-9-7-8(5-6-10(9)15)16-13(18)17-11-3-1-2-4-12(11)19/h1-7,19H,(H2,16,17,18). The zero-order valence-electron chi connectivity index (χ0n) is 9.65. The van der Waals surface area contributed by atoms with Crippen LogP contribution in [0.1, 0.15) is 0 Å². The van der Waals surface area contributed by atoms with Gasteiger partial charge >= 0.3 is 6.03 Å². The lowest BCUT2D eigenvalue weighted by atomic mass is 10.3. The van der Waals surface area contributed by atoms with Gasteiger partial charge in [0.1, 0.15) is 5.82 Å². The highest BCUT2D eigenvalue weighted by molar-refractivity contribution is 7.80. The monoisotopic (exact) mass is 296 g/mol. The van der Waals surface area contributed by atoms with Gasteiger partial charge in [-0.1, -0.05) is 23.7 Å². The zero-order valence-corrected chi connectivity index (χ0v) is 11.3. The molecule has 0 saturated carbocycles. The Morgan fingerprint density at radius 2 is 1.89 bits per heavy atom. The lowest BCUT2D eigenvalue weighted by Gasteiger charge is -2.09. The van der Waals surface area contributed by atoms with Crippen molar-refractivity contribution < 1.29 is 9.18 Å². The number of carbonyl (C=O) groups is 1. The lowest BCUT2D eigenvalue weighted by Crippen LogP contribution is -2.19. The lowest BCUT2D eigenvalue weighted by molar-refractivity contribution is 0.262. The summed E-state index contributed by atoms with van der Waals surface area (Å²) in [6.45, 7) is 0. The molecule has 0 saturated heterocycles. The third kappa shape index (κ3) is 3.62. The predicted octanol–water partition coefficient (Wildman–Crippen LogP) is 4.41. The molecule has 0 atom stereocenters. The molecule has 2 aromatic rings. The first-order valence-electron chi connectivity index (χ1n) is 5.37. The molecular formula is C13H10ClFN2OS. The molecule has 98 valence electrons. The molecule has 0 aliphatic carbocycles. The van der Waals surface area contributed by atoms with Crippen LogP contribution in [0.4, 0.5) is 20.6 Å². The van der Waals surface area contributed by atoms with Crippen molar-refractivity contribution in [2.75, 3.05) is 10.6 Å². The average Bonchev–Trinajstić information content (AvgIpc) is 2.37. The Balaban J connectivity index is 2.05. The van der Waals surface area contributed by atoms with E-state index in [4.69, 9.17) is 11.6 Å². The Bertz CT molecular complexity index is 621. The van der Waals surface area contributed by atoms with Crippen molar-refractivity contribution in [3.8, 4) is 0 Å². The minimum atomic E-state index is -0.534. The third-order valence-corrected chi connectivity index (χ3v) is 3.01. The Morgan fingerprint density at radius 1 is 1.16 bits per heavy atom. The van der Waals surface area contributed by atoms with Crippen molar-refractivity contribution in [1.29, 1.82) is 0 Å². The quantitative estimate of drug-likeness (QED) is 0.706. The van der Waals surface area contributed by atoms with Crippen LogP contribution in [0, 0.1) is 5.82 Å². The van der Waals surface area contributed by atoms with Crippen LogP contribution in [0.3, 0.4) is 0 Å². The number of halogens is 2. The highest BCUT2D eigenvalue weighted by Gasteiger charge is 2.06. The van der Waals surface area contributed by atoms with E-state index in [9.17, 15) is 9.18 Å². The van der Waals surface area contributed by atoms with Gasteiger partial charge in [-0.05, 0) is 30.3 Å². The van der Waals surface area contributed by atoms with Gasteiger partial charge in [-0.3, -0.25) is 0 Å². The minimum Gasteiger partial charge on any atom is -0.308 e. The number of hydrogen-bond donors (Lipinski definition) is 3. The van der Waals surface area contributed by atoms with Gasteiger partial charge in [0.15, 0.2) is 0 Å². The maximum atomic E-state index is 13.0. The molecule has 0 spiro atoms. The van der Waals surface area contributed by atoms with Crippen LogP contribution in [0.2, 0.25) is 5.02 Å². The molecule has 2 N–H and O–H groups in total. The SMILES string of the molecule is O=C(Nc1ccc(F)c(Cl)c1)Nc1ccccc1S. The molecule has 0 unspecified atom stereocenters. The molecule has 0 bridgehead atoms. The van der Waals surface area contributed by atoms with Crippen molar-refractivity contribution in [1.82, 2.24) is 0 Å². The summed E-state index contributed by atoms with van der Waals surface area (Å²) in [5.41, 5.74) is 0.983. The third-order valence-electron chi connectivity index (χ3n) is 2.33. The second-order valence-electron chi connectivity index (χ2n) is 3.73. The van der Waals surface area contributed by atoms with Crippen molar-refractivity contribution in [3.63, 3.8) is 0 Å². The van der Waals surface area contributed by atoms with Crippen LogP contribution in [-0.2, 0) is 0 Å². The minimum absolute atomic E-state index is 0.0487. The number of carbonyl (C=O) groups excluding carboxylic acids is 1. The molecule has 3 nitrogen and oxygen atoms in total. The molecule has 0 radical (unpaired) electrons. The number of amides is 2. The first-order chi connectivity index (χ1) is 9.06. The normalized spacial score (nSPS) is 10.1. The Kier molecular flexibility index (Phi) is 4.29. The summed E-state index contributed by atoms with van der Waals surface area (Å²) in [6.07, 6.45) is 0. The van der Waals surface area contributed by atoms with E-state index in [1.165, 1.54) is 18.2 Å². The molecule has 0 heterocycles. The van der Waals surface area contributed by atoms with E-state index in [2.05, 4.69) is 23.3 Å². The molecule has 0 aromatic heterocycles. The fourth-order valence-corrected chi connectivity index (χ4v) is 1.83. The van der Waals surface area contributed by atoms with Gasteiger partial charge in [-0.15, -0.1) is 12.6 Å². The smallest absolute Gasteiger partial charge is 0.308 e. The van der Waals surface area contributed by atoms with Crippen molar-refractivity contribution >= 4 is 41.6 Å². The Morgan fingerprint density at radius 3 is 2.58 bits per heavy atom. The van der Waals surface area contributed by atoms with Crippen molar-refractivity contribution in [2.24, 2.45) is 0 Å². The predicted molar refractivity (Wildman–Crippen MR) is 77.7 cm³/mol. The van der Waals surface area contributed by atoms with Gasteiger partial charge in [-0.2, -0.15) is 0 Å². The van der Waals surface area contributed by atoms with Crippen LogP contribution in [-0.4, -0.2) is 6.03 Å². The number of benzene rings is 2. The molecule has 2 amide bonds. The molecule has 0 fully saturated rings. The van der Waals surface area contributed by atoms with E-state index < -0.39 is 11.8 Å². The molecule has 6 heteroatoms. The summed E-state index contributed by atoms with van der Waals surface area (Å²) in [5, 5.41) is 5.13. The molecule has 2 rings (SSSR count). The van der Waals surface area contributed by atoms with E-state index in [1.807, 2.05) is 6.07 Å². The topological polar surface area (TPSA) is 41.1 Å². The van der Waals surface area contributed by atoms with Gasteiger partial charge < -0.3 is 10.6 Å². The average molecular weight is 297 g/mol. The fourth-order valence-electron chi connectivity index (χ4n) is 1.44. The highest BCUT2D eigenvalue weighted by atomic mass is 35.5. The van der Waals surface area contributed by atoms with Crippen molar-refractivity contribution in [2.45, 2.75) is 4.90 Å². The van der Waals surface area contributed by atoms with Gasteiger partial charge in [0, 0.05) is 10.6 Å². The fraction of sp³-hybridized carbons (Fsp3) is 0. The van der Waals surface area contributed by atoms with E-state index in [0.717, 1.165) is 0 Å². The van der Waals surface area contributed by atoms with E-state index in [1.54, 1.807) is 18.2 Å². The first-order valence-corrected chi connectivity index (χ1v) is 6.20. The number of rotatable bonds is 2. The molecule has 2 aromatic carbocycles. The summed E-state index contributed by atoms with van der Waals surface area (Å²) in [4.78, 5) is 12.4.